The number of hydrogen-bond acceptors (Lipinski definition) is 1. The zero-order chi connectivity index (χ0) is 20.1. The van der Waals surface area contributed by atoms with Crippen molar-refractivity contribution in [2.75, 3.05) is 0 Å². The number of nitrogens with one attached hydrogen (secondary N) is 1. The van der Waals surface area contributed by atoms with Crippen molar-refractivity contribution in [1.82, 2.24) is 5.32 Å². The summed E-state index contributed by atoms with van der Waals surface area (Å²) in [6.07, 6.45) is 6.96. The molecule has 3 aromatic rings. The van der Waals surface area contributed by atoms with Gasteiger partial charge >= 0.3 is 0 Å². The van der Waals surface area contributed by atoms with Crippen LogP contribution in [0.4, 0.5) is 0 Å². The molecule has 4 rings (SSSR count). The molecule has 2 heteroatoms. The molecule has 0 bridgehead atoms. The van der Waals surface area contributed by atoms with E-state index in [1.165, 1.54) is 21.5 Å². The zero-order valence-corrected chi connectivity index (χ0v) is 18.0. The third-order valence-electron chi connectivity index (χ3n) is 5.57. The average molecular weight is 398 g/mol. The summed E-state index contributed by atoms with van der Waals surface area (Å²) in [5, 5.41) is 8.20. The maximum absolute atomic E-state index is 3.84. The minimum Gasteiger partial charge on any atom is -0.307 e. The van der Waals surface area contributed by atoms with Gasteiger partial charge in [0.1, 0.15) is 0 Å². The third-order valence-corrected chi connectivity index (χ3v) is 8.16. The maximum atomic E-state index is 3.84. The molecule has 0 aliphatic heterocycles. The molecule has 0 spiro atoms. The summed E-state index contributed by atoms with van der Waals surface area (Å²) in [7, 11) is -0.544. The number of benzene rings is 3. The molecular formula is C27H28NP. The van der Waals surface area contributed by atoms with E-state index >= 15 is 0 Å². The Morgan fingerprint density at radius 3 is 1.79 bits per heavy atom. The van der Waals surface area contributed by atoms with Crippen LogP contribution >= 0.6 is 7.92 Å². The van der Waals surface area contributed by atoms with Crippen molar-refractivity contribution in [3.63, 3.8) is 0 Å². The second-order valence-electron chi connectivity index (χ2n) is 7.60. The molecule has 1 aliphatic carbocycles. The Morgan fingerprint density at radius 2 is 1.24 bits per heavy atom. The molecule has 1 nitrogen and oxygen atoms in total. The molecule has 0 saturated carbocycles. The Morgan fingerprint density at radius 1 is 0.724 bits per heavy atom. The van der Waals surface area contributed by atoms with Gasteiger partial charge in [0, 0.05) is 18.0 Å². The maximum Gasteiger partial charge on any atom is 0.0294 e. The highest BCUT2D eigenvalue weighted by Gasteiger charge is 2.30. The lowest BCUT2D eigenvalue weighted by Gasteiger charge is -2.31. The molecule has 146 valence electrons. The molecule has 0 heterocycles. The molecule has 1 aliphatic rings. The summed E-state index contributed by atoms with van der Waals surface area (Å²) in [6.45, 7) is 4.57. The Hall–Kier alpha value is -2.47. The van der Waals surface area contributed by atoms with E-state index < -0.39 is 7.92 Å². The van der Waals surface area contributed by atoms with E-state index in [0.29, 0.717) is 18.0 Å². The summed E-state index contributed by atoms with van der Waals surface area (Å²) in [5.74, 6) is 0.396. The van der Waals surface area contributed by atoms with E-state index in [2.05, 4.69) is 128 Å². The van der Waals surface area contributed by atoms with Crippen LogP contribution in [0, 0.1) is 5.92 Å². The van der Waals surface area contributed by atoms with E-state index in [4.69, 9.17) is 0 Å². The van der Waals surface area contributed by atoms with Crippen LogP contribution in [0.2, 0.25) is 0 Å². The largest absolute Gasteiger partial charge is 0.307 e. The molecule has 1 unspecified atom stereocenters. The van der Waals surface area contributed by atoms with Crippen LogP contribution in [0.3, 0.4) is 0 Å². The smallest absolute Gasteiger partial charge is 0.0294 e. The van der Waals surface area contributed by atoms with Gasteiger partial charge in [-0.15, -0.1) is 0 Å². The molecule has 3 atom stereocenters. The van der Waals surface area contributed by atoms with Gasteiger partial charge in [0.15, 0.2) is 0 Å². The Bertz CT molecular complexity index is 924. The highest BCUT2D eigenvalue weighted by Crippen LogP contribution is 2.49. The lowest BCUT2D eigenvalue weighted by Crippen LogP contribution is -2.35. The molecule has 1 N–H and O–H groups in total. The summed E-state index contributed by atoms with van der Waals surface area (Å²) in [6, 6.07) is 33.3. The molecule has 3 aromatic carbocycles. The predicted octanol–water partition coefficient (Wildman–Crippen LogP) is 5.93. The van der Waals surface area contributed by atoms with Crippen molar-refractivity contribution in [2.24, 2.45) is 5.92 Å². The Labute approximate surface area is 175 Å². The molecule has 0 fully saturated rings. The minimum atomic E-state index is -0.544. The van der Waals surface area contributed by atoms with Gasteiger partial charge in [-0.25, -0.2) is 0 Å². The highest BCUT2D eigenvalue weighted by atomic mass is 31.1. The van der Waals surface area contributed by atoms with Crippen LogP contribution in [-0.4, -0.2) is 6.04 Å². The highest BCUT2D eigenvalue weighted by molar-refractivity contribution is 7.76. The fourth-order valence-corrected chi connectivity index (χ4v) is 6.75. The summed E-state index contributed by atoms with van der Waals surface area (Å²) in [5.41, 5.74) is 1.33. The van der Waals surface area contributed by atoms with E-state index in [1.54, 1.807) is 0 Å². The molecular weight excluding hydrogens is 369 g/mol. The zero-order valence-electron chi connectivity index (χ0n) is 17.1. The van der Waals surface area contributed by atoms with Crippen LogP contribution < -0.4 is 15.9 Å². The van der Waals surface area contributed by atoms with Gasteiger partial charge in [0.25, 0.3) is 0 Å². The van der Waals surface area contributed by atoms with E-state index in [-0.39, 0.29) is 0 Å². The first-order valence-corrected chi connectivity index (χ1v) is 11.7. The number of hydrogen-bond donors (Lipinski definition) is 1. The van der Waals surface area contributed by atoms with Crippen LogP contribution in [0.25, 0.3) is 0 Å². The predicted molar refractivity (Wildman–Crippen MR) is 127 cm³/mol. The summed E-state index contributed by atoms with van der Waals surface area (Å²) in [4.78, 5) is 0. The summed E-state index contributed by atoms with van der Waals surface area (Å²) < 4.78 is 0. The molecule has 0 saturated heterocycles. The molecule has 0 radical (unpaired) electrons. The van der Waals surface area contributed by atoms with Gasteiger partial charge in [0.05, 0.1) is 0 Å². The minimum absolute atomic E-state index is 0.320. The van der Waals surface area contributed by atoms with Crippen molar-refractivity contribution in [3.05, 3.63) is 120 Å². The standard InChI is InChI=1S/C27H28NP/c1-21(23-13-6-3-7-14-23)28-22(2)26-19-12-20-27(26)29(24-15-8-4-9-16-24)25-17-10-5-11-18-25/h3-22,26,28H,1-2H3/t21-,22-,26?/m1/s1. The van der Waals surface area contributed by atoms with E-state index in [0.717, 1.165) is 0 Å². The topological polar surface area (TPSA) is 12.0 Å². The number of allylic oxidation sites excluding steroid dienone is 2. The summed E-state index contributed by atoms with van der Waals surface area (Å²) >= 11 is 0. The third kappa shape index (κ3) is 4.58. The SMILES string of the molecule is C[C@@H](N[C@H](C)C1C=CC=C1P(c1ccccc1)c1ccccc1)c1ccccc1. The van der Waals surface area contributed by atoms with E-state index in [1.807, 2.05) is 0 Å². The molecule has 0 aromatic heterocycles. The second-order valence-corrected chi connectivity index (χ2v) is 9.82. The fourth-order valence-electron chi connectivity index (χ4n) is 4.07. The number of rotatable bonds is 7. The van der Waals surface area contributed by atoms with Crippen molar-refractivity contribution in [1.29, 1.82) is 0 Å². The lowest BCUT2D eigenvalue weighted by atomic mass is 10.0. The second kappa shape index (κ2) is 9.35. The molecule has 0 amide bonds. The quantitative estimate of drug-likeness (QED) is 0.487. The van der Waals surface area contributed by atoms with Crippen molar-refractivity contribution >= 4 is 18.5 Å². The van der Waals surface area contributed by atoms with Crippen LogP contribution in [0.5, 0.6) is 0 Å². The van der Waals surface area contributed by atoms with Gasteiger partial charge in [-0.3, -0.25) is 0 Å². The molecule has 29 heavy (non-hydrogen) atoms. The van der Waals surface area contributed by atoms with Gasteiger partial charge < -0.3 is 5.32 Å². The first-order valence-electron chi connectivity index (χ1n) is 10.3. The average Bonchev–Trinajstić information content (AvgIpc) is 3.25. The van der Waals surface area contributed by atoms with Crippen LogP contribution in [-0.2, 0) is 0 Å². The lowest BCUT2D eigenvalue weighted by molar-refractivity contribution is 0.435. The van der Waals surface area contributed by atoms with Crippen LogP contribution in [0.1, 0.15) is 25.5 Å². The first-order chi connectivity index (χ1) is 14.2. The van der Waals surface area contributed by atoms with Gasteiger partial charge in [-0.2, -0.15) is 0 Å². The normalized spacial score (nSPS) is 17.9. The Kier molecular flexibility index (Phi) is 6.39. The van der Waals surface area contributed by atoms with Gasteiger partial charge in [-0.05, 0) is 43.3 Å². The first kappa shape index (κ1) is 19.8. The fraction of sp³-hybridized carbons (Fsp3) is 0.185. The van der Waals surface area contributed by atoms with E-state index in [9.17, 15) is 0 Å². The van der Waals surface area contributed by atoms with Gasteiger partial charge in [-0.1, -0.05) is 109 Å². The van der Waals surface area contributed by atoms with Crippen molar-refractivity contribution < 1.29 is 0 Å². The monoisotopic (exact) mass is 397 g/mol. The van der Waals surface area contributed by atoms with Gasteiger partial charge in [0.2, 0.25) is 0 Å². The Balaban J connectivity index is 1.60. The van der Waals surface area contributed by atoms with Crippen molar-refractivity contribution in [2.45, 2.75) is 25.9 Å². The van der Waals surface area contributed by atoms with Crippen LogP contribution in [0.15, 0.2) is 115 Å². The van der Waals surface area contributed by atoms with Crippen molar-refractivity contribution in [3.8, 4) is 0 Å².